The highest BCUT2D eigenvalue weighted by molar-refractivity contribution is 5.99. The molecule has 0 unspecified atom stereocenters. The molecule has 1 aromatic carbocycles. The molecular formula is C11H15FN2O3. The number of hydrogen-bond donors (Lipinski definition) is 4. The molecule has 5 N–H and O–H groups in total. The van der Waals surface area contributed by atoms with Crippen LogP contribution in [0.1, 0.15) is 17.3 Å². The zero-order valence-corrected chi connectivity index (χ0v) is 9.40. The molecule has 0 bridgehead atoms. The van der Waals surface area contributed by atoms with Crippen LogP contribution in [0.2, 0.25) is 0 Å². The van der Waals surface area contributed by atoms with E-state index in [0.29, 0.717) is 0 Å². The molecule has 0 atom stereocenters. The van der Waals surface area contributed by atoms with Crippen molar-refractivity contribution in [3.05, 3.63) is 29.6 Å². The number of hydrogen-bond acceptors (Lipinski definition) is 4. The number of aliphatic hydroxyl groups excluding tert-OH is 2. The number of benzene rings is 1. The van der Waals surface area contributed by atoms with E-state index >= 15 is 0 Å². The minimum absolute atomic E-state index is 0.000676. The molecule has 0 aliphatic heterocycles. The van der Waals surface area contributed by atoms with Crippen molar-refractivity contribution in [2.45, 2.75) is 12.5 Å². The smallest absolute Gasteiger partial charge is 0.253 e. The summed E-state index contributed by atoms with van der Waals surface area (Å²) in [5.41, 5.74) is 4.45. The van der Waals surface area contributed by atoms with Gasteiger partial charge in [0.15, 0.2) is 0 Å². The highest BCUT2D eigenvalue weighted by Crippen LogP contribution is 2.14. The number of amides is 1. The minimum Gasteiger partial charge on any atom is -0.398 e. The normalized spacial score (nSPS) is 11.3. The molecule has 0 saturated heterocycles. The van der Waals surface area contributed by atoms with Gasteiger partial charge in [0.05, 0.1) is 24.3 Å². The van der Waals surface area contributed by atoms with Gasteiger partial charge in [-0.1, -0.05) is 0 Å². The van der Waals surface area contributed by atoms with Gasteiger partial charge in [-0.3, -0.25) is 4.79 Å². The lowest BCUT2D eigenvalue weighted by Gasteiger charge is -2.26. The molecule has 0 aliphatic carbocycles. The van der Waals surface area contributed by atoms with Crippen molar-refractivity contribution in [1.82, 2.24) is 5.32 Å². The van der Waals surface area contributed by atoms with Gasteiger partial charge in [-0.15, -0.1) is 0 Å². The Balaban J connectivity index is 2.90. The zero-order valence-electron chi connectivity index (χ0n) is 9.40. The number of nitrogens with one attached hydrogen (secondary N) is 1. The Morgan fingerprint density at radius 1 is 1.47 bits per heavy atom. The van der Waals surface area contributed by atoms with Crippen molar-refractivity contribution in [2.24, 2.45) is 0 Å². The Morgan fingerprint density at radius 2 is 2.06 bits per heavy atom. The van der Waals surface area contributed by atoms with Crippen LogP contribution in [0.15, 0.2) is 18.2 Å². The first-order valence-electron chi connectivity index (χ1n) is 5.01. The Bertz CT molecular complexity index is 419. The lowest BCUT2D eigenvalue weighted by molar-refractivity contribution is 0.0724. The largest absolute Gasteiger partial charge is 0.398 e. The third-order valence-electron chi connectivity index (χ3n) is 2.37. The molecule has 6 heteroatoms. The van der Waals surface area contributed by atoms with E-state index in [4.69, 9.17) is 15.9 Å². The quantitative estimate of drug-likeness (QED) is 0.553. The summed E-state index contributed by atoms with van der Waals surface area (Å²) in [5, 5.41) is 20.5. The number of halogens is 1. The molecule has 1 amide bonds. The fraction of sp³-hybridized carbons (Fsp3) is 0.364. The molecule has 17 heavy (non-hydrogen) atoms. The second-order valence-corrected chi connectivity index (χ2v) is 4.06. The van der Waals surface area contributed by atoms with Crippen LogP contribution in [0.5, 0.6) is 0 Å². The third kappa shape index (κ3) is 3.15. The summed E-state index contributed by atoms with van der Waals surface area (Å²) in [6.45, 7) is 0.636. The third-order valence-corrected chi connectivity index (χ3v) is 2.37. The molecule has 1 rings (SSSR count). The standard InChI is InChI=1S/C11H15FN2O3/c1-11(5-15,6-16)14-10(17)8-3-2-7(12)4-9(8)13/h2-4,15-16H,5-6,13H2,1H3,(H,14,17). The monoisotopic (exact) mass is 242 g/mol. The van der Waals surface area contributed by atoms with Gasteiger partial charge in [-0.05, 0) is 25.1 Å². The first-order chi connectivity index (χ1) is 7.91. The number of anilines is 1. The Kier molecular flexibility index (Phi) is 4.03. The predicted octanol–water partition coefficient (Wildman–Crippen LogP) is -0.119. The number of carbonyl (C=O) groups excluding carboxylic acids is 1. The minimum atomic E-state index is -1.14. The van der Waals surface area contributed by atoms with Crippen molar-refractivity contribution >= 4 is 11.6 Å². The molecule has 5 nitrogen and oxygen atoms in total. The van der Waals surface area contributed by atoms with Crippen LogP contribution in [0.25, 0.3) is 0 Å². The molecule has 0 saturated carbocycles. The van der Waals surface area contributed by atoms with Gasteiger partial charge in [0.1, 0.15) is 5.82 Å². The van der Waals surface area contributed by atoms with Crippen molar-refractivity contribution in [3.8, 4) is 0 Å². The van der Waals surface area contributed by atoms with E-state index in [2.05, 4.69) is 5.32 Å². The van der Waals surface area contributed by atoms with Gasteiger partial charge in [-0.2, -0.15) is 0 Å². The summed E-state index contributed by atoms with van der Waals surface area (Å²) in [5.74, 6) is -1.11. The fourth-order valence-electron chi connectivity index (χ4n) is 1.21. The highest BCUT2D eigenvalue weighted by Gasteiger charge is 2.25. The van der Waals surface area contributed by atoms with Crippen LogP contribution in [0.4, 0.5) is 10.1 Å². The molecular weight excluding hydrogens is 227 g/mol. The molecule has 0 radical (unpaired) electrons. The number of nitrogen functional groups attached to an aromatic ring is 1. The van der Waals surface area contributed by atoms with Crippen LogP contribution in [0.3, 0.4) is 0 Å². The summed E-state index contributed by atoms with van der Waals surface area (Å²) >= 11 is 0. The summed E-state index contributed by atoms with van der Waals surface area (Å²) < 4.78 is 12.8. The summed E-state index contributed by atoms with van der Waals surface area (Å²) in [4.78, 5) is 11.8. The lowest BCUT2D eigenvalue weighted by Crippen LogP contribution is -2.51. The zero-order chi connectivity index (χ0) is 13.1. The maximum absolute atomic E-state index is 12.8. The number of rotatable bonds is 4. The Morgan fingerprint density at radius 3 is 2.53 bits per heavy atom. The van der Waals surface area contributed by atoms with Crippen LogP contribution in [-0.4, -0.2) is 34.9 Å². The van der Waals surface area contributed by atoms with Gasteiger partial charge in [0.2, 0.25) is 0 Å². The fourth-order valence-corrected chi connectivity index (χ4v) is 1.21. The van der Waals surface area contributed by atoms with Gasteiger partial charge < -0.3 is 21.3 Å². The molecule has 0 aliphatic rings. The summed E-state index contributed by atoms with van der Waals surface area (Å²) in [6, 6.07) is 3.39. The van der Waals surface area contributed by atoms with E-state index in [1.54, 1.807) is 0 Å². The topological polar surface area (TPSA) is 95.6 Å². The molecule has 94 valence electrons. The first-order valence-corrected chi connectivity index (χ1v) is 5.01. The van der Waals surface area contributed by atoms with Crippen LogP contribution >= 0.6 is 0 Å². The lowest BCUT2D eigenvalue weighted by atomic mass is 10.0. The predicted molar refractivity (Wildman–Crippen MR) is 60.9 cm³/mol. The first kappa shape index (κ1) is 13.4. The van der Waals surface area contributed by atoms with E-state index in [0.717, 1.165) is 12.1 Å². The van der Waals surface area contributed by atoms with Crippen molar-refractivity contribution in [3.63, 3.8) is 0 Å². The van der Waals surface area contributed by atoms with Gasteiger partial charge in [0.25, 0.3) is 5.91 Å². The average Bonchev–Trinajstić information content (AvgIpc) is 2.28. The van der Waals surface area contributed by atoms with E-state index < -0.39 is 30.5 Å². The van der Waals surface area contributed by atoms with Gasteiger partial charge in [0, 0.05) is 5.69 Å². The maximum atomic E-state index is 12.8. The number of carbonyl (C=O) groups is 1. The highest BCUT2D eigenvalue weighted by atomic mass is 19.1. The second kappa shape index (κ2) is 5.11. The second-order valence-electron chi connectivity index (χ2n) is 4.06. The molecule has 1 aromatic rings. The molecule has 0 fully saturated rings. The van der Waals surface area contributed by atoms with Crippen molar-refractivity contribution in [1.29, 1.82) is 0 Å². The van der Waals surface area contributed by atoms with E-state index in [9.17, 15) is 9.18 Å². The van der Waals surface area contributed by atoms with Crippen molar-refractivity contribution < 1.29 is 19.4 Å². The molecule has 0 aromatic heterocycles. The number of aliphatic hydroxyl groups is 2. The van der Waals surface area contributed by atoms with Crippen LogP contribution in [0, 0.1) is 5.82 Å². The van der Waals surface area contributed by atoms with E-state index in [1.807, 2.05) is 0 Å². The van der Waals surface area contributed by atoms with E-state index in [1.165, 1.54) is 13.0 Å². The summed E-state index contributed by atoms with van der Waals surface area (Å²) in [6.07, 6.45) is 0. The van der Waals surface area contributed by atoms with Crippen LogP contribution in [-0.2, 0) is 0 Å². The summed E-state index contributed by atoms with van der Waals surface area (Å²) in [7, 11) is 0. The van der Waals surface area contributed by atoms with Gasteiger partial charge in [-0.25, -0.2) is 4.39 Å². The van der Waals surface area contributed by atoms with Crippen LogP contribution < -0.4 is 11.1 Å². The average molecular weight is 242 g/mol. The maximum Gasteiger partial charge on any atom is 0.253 e. The Labute approximate surface area is 98.1 Å². The van der Waals surface area contributed by atoms with Gasteiger partial charge >= 0.3 is 0 Å². The van der Waals surface area contributed by atoms with E-state index in [-0.39, 0.29) is 11.3 Å². The molecule has 0 heterocycles. The Hall–Kier alpha value is -1.66. The number of nitrogens with two attached hydrogens (primary N) is 1. The SMILES string of the molecule is CC(CO)(CO)NC(=O)c1ccc(F)cc1N. The van der Waals surface area contributed by atoms with Crippen molar-refractivity contribution in [2.75, 3.05) is 18.9 Å². The molecule has 0 spiro atoms.